The molecule has 0 saturated carbocycles. The van der Waals surface area contributed by atoms with Gasteiger partial charge in [0.05, 0.1) is 11.6 Å². The van der Waals surface area contributed by atoms with Crippen molar-refractivity contribution in [2.45, 2.75) is 33.6 Å². The first-order valence-electron chi connectivity index (χ1n) is 7.61. The summed E-state index contributed by atoms with van der Waals surface area (Å²) in [5.41, 5.74) is 1.23. The van der Waals surface area contributed by atoms with Gasteiger partial charge in [-0.1, -0.05) is 48.8 Å². The van der Waals surface area contributed by atoms with Crippen molar-refractivity contribution in [2.75, 3.05) is 0 Å². The van der Waals surface area contributed by atoms with Gasteiger partial charge in [0.15, 0.2) is 0 Å². The summed E-state index contributed by atoms with van der Waals surface area (Å²) in [7, 11) is 0. The summed E-state index contributed by atoms with van der Waals surface area (Å²) in [6.07, 6.45) is 0.201. The third-order valence-electron chi connectivity index (χ3n) is 3.78. The minimum Gasteiger partial charge on any atom is -0.481 e. The number of carboxylic acid groups (broad SMARTS) is 1. The van der Waals surface area contributed by atoms with E-state index >= 15 is 0 Å². The van der Waals surface area contributed by atoms with E-state index in [-0.39, 0.29) is 18.6 Å². The molecule has 0 aliphatic heterocycles. The van der Waals surface area contributed by atoms with E-state index in [1.54, 1.807) is 0 Å². The van der Waals surface area contributed by atoms with Crippen LogP contribution in [-0.4, -0.2) is 21.8 Å². The van der Waals surface area contributed by atoms with Crippen LogP contribution in [0.4, 0.5) is 0 Å². The van der Waals surface area contributed by atoms with Crippen LogP contribution in [0.2, 0.25) is 0 Å². The maximum Gasteiger partial charge on any atom is 0.307 e. The third-order valence-corrected chi connectivity index (χ3v) is 5.21. The highest BCUT2D eigenvalue weighted by Gasteiger charge is 2.33. The van der Waals surface area contributed by atoms with E-state index in [9.17, 15) is 14.7 Å². The summed E-state index contributed by atoms with van der Waals surface area (Å²) in [6, 6.07) is 7.83. The maximum atomic E-state index is 12.3. The predicted octanol–water partition coefficient (Wildman–Crippen LogP) is 4.82. The molecule has 0 amide bonds. The van der Waals surface area contributed by atoms with Gasteiger partial charge in [-0.15, -0.1) is 11.3 Å². The van der Waals surface area contributed by atoms with Crippen molar-refractivity contribution in [3.8, 4) is 10.6 Å². The molecule has 0 saturated heterocycles. The summed E-state index contributed by atoms with van der Waals surface area (Å²) in [4.78, 5) is 28.2. The standard InChI is InChI=1S/C18H20BrNO3S/c1-18(2,3)15(17(22)23)9-14(21)8-13-10-24-16(20-13)11-5-4-6-12(19)7-11/h4-7,10,15H,8-9H2,1-3H3,(H,22,23)/t15-/m1/s1. The summed E-state index contributed by atoms with van der Waals surface area (Å²) in [5.74, 6) is -1.71. The predicted molar refractivity (Wildman–Crippen MR) is 99.2 cm³/mol. The first kappa shape index (κ1) is 18.8. The molecule has 0 bridgehead atoms. The first-order chi connectivity index (χ1) is 11.2. The van der Waals surface area contributed by atoms with Crippen molar-refractivity contribution >= 4 is 39.0 Å². The highest BCUT2D eigenvalue weighted by molar-refractivity contribution is 9.10. The largest absolute Gasteiger partial charge is 0.481 e. The number of ketones is 1. The summed E-state index contributed by atoms with van der Waals surface area (Å²) in [6.45, 7) is 5.52. The Morgan fingerprint density at radius 3 is 2.62 bits per heavy atom. The molecule has 1 atom stereocenters. The molecule has 1 aromatic carbocycles. The number of carboxylic acids is 1. The van der Waals surface area contributed by atoms with Crippen molar-refractivity contribution in [1.82, 2.24) is 4.98 Å². The molecule has 4 nitrogen and oxygen atoms in total. The van der Waals surface area contributed by atoms with Gasteiger partial charge < -0.3 is 5.11 Å². The smallest absolute Gasteiger partial charge is 0.307 e. The molecule has 1 aromatic heterocycles. The fraction of sp³-hybridized carbons (Fsp3) is 0.389. The summed E-state index contributed by atoms with van der Waals surface area (Å²) >= 11 is 4.92. The molecule has 6 heteroatoms. The van der Waals surface area contributed by atoms with E-state index in [0.29, 0.717) is 5.69 Å². The number of benzene rings is 1. The molecular formula is C18H20BrNO3S. The fourth-order valence-electron chi connectivity index (χ4n) is 2.41. The van der Waals surface area contributed by atoms with E-state index in [0.717, 1.165) is 15.0 Å². The Balaban J connectivity index is 2.06. The van der Waals surface area contributed by atoms with Crippen LogP contribution in [0.15, 0.2) is 34.1 Å². The number of aromatic nitrogens is 1. The van der Waals surface area contributed by atoms with E-state index < -0.39 is 17.3 Å². The molecule has 1 heterocycles. The minimum atomic E-state index is -0.927. The second kappa shape index (κ2) is 7.57. The van der Waals surface area contributed by atoms with Crippen LogP contribution in [0, 0.1) is 11.3 Å². The number of hydrogen-bond acceptors (Lipinski definition) is 4. The molecule has 0 spiro atoms. The lowest BCUT2D eigenvalue weighted by Gasteiger charge is -2.26. The van der Waals surface area contributed by atoms with Crippen LogP contribution in [-0.2, 0) is 16.0 Å². The number of aliphatic carboxylic acids is 1. The van der Waals surface area contributed by atoms with Crippen LogP contribution in [0.25, 0.3) is 10.6 Å². The van der Waals surface area contributed by atoms with Gasteiger partial charge in [-0.2, -0.15) is 0 Å². The van der Waals surface area contributed by atoms with Crippen molar-refractivity contribution in [2.24, 2.45) is 11.3 Å². The molecule has 128 valence electrons. The van der Waals surface area contributed by atoms with E-state index in [1.165, 1.54) is 11.3 Å². The molecule has 0 unspecified atom stereocenters. The highest BCUT2D eigenvalue weighted by Crippen LogP contribution is 2.30. The van der Waals surface area contributed by atoms with Gasteiger partial charge >= 0.3 is 5.97 Å². The second-order valence-corrected chi connectivity index (χ2v) is 8.60. The van der Waals surface area contributed by atoms with Gasteiger partial charge in [0, 0.05) is 28.3 Å². The van der Waals surface area contributed by atoms with Gasteiger partial charge in [-0.05, 0) is 17.5 Å². The molecule has 2 rings (SSSR count). The van der Waals surface area contributed by atoms with Crippen LogP contribution in [0.3, 0.4) is 0 Å². The molecular weight excluding hydrogens is 390 g/mol. The lowest BCUT2D eigenvalue weighted by Crippen LogP contribution is -2.31. The van der Waals surface area contributed by atoms with Crippen molar-refractivity contribution in [1.29, 1.82) is 0 Å². The Kier molecular flexibility index (Phi) is 5.93. The average molecular weight is 410 g/mol. The third kappa shape index (κ3) is 4.98. The topological polar surface area (TPSA) is 67.3 Å². The zero-order valence-electron chi connectivity index (χ0n) is 13.9. The number of carbonyl (C=O) groups is 2. The number of nitrogens with zero attached hydrogens (tertiary/aromatic N) is 1. The van der Waals surface area contributed by atoms with Crippen molar-refractivity contribution < 1.29 is 14.7 Å². The molecule has 0 radical (unpaired) electrons. The number of rotatable bonds is 6. The number of thiazole rings is 1. The Labute approximate surface area is 154 Å². The van der Waals surface area contributed by atoms with Gasteiger partial charge in [0.1, 0.15) is 10.8 Å². The first-order valence-corrected chi connectivity index (χ1v) is 9.29. The Bertz CT molecular complexity index is 749. The lowest BCUT2D eigenvalue weighted by atomic mass is 9.77. The van der Waals surface area contributed by atoms with Crippen molar-refractivity contribution in [3.63, 3.8) is 0 Å². The maximum absolute atomic E-state index is 12.3. The second-order valence-electron chi connectivity index (χ2n) is 6.83. The van der Waals surface area contributed by atoms with Crippen LogP contribution in [0.5, 0.6) is 0 Å². The van der Waals surface area contributed by atoms with Gasteiger partial charge in [0.25, 0.3) is 0 Å². The van der Waals surface area contributed by atoms with Crippen LogP contribution in [0.1, 0.15) is 32.9 Å². The van der Waals surface area contributed by atoms with Gasteiger partial charge in [-0.3, -0.25) is 9.59 Å². The molecule has 1 N–H and O–H groups in total. The number of halogens is 1. The van der Waals surface area contributed by atoms with Gasteiger partial charge in [-0.25, -0.2) is 4.98 Å². The normalized spacial score (nSPS) is 12.8. The molecule has 0 fully saturated rings. The molecule has 0 aliphatic carbocycles. The lowest BCUT2D eigenvalue weighted by molar-refractivity contribution is -0.147. The average Bonchev–Trinajstić information content (AvgIpc) is 2.91. The molecule has 24 heavy (non-hydrogen) atoms. The number of Topliss-reactive ketones (excluding diaryl/α,β-unsaturated/α-hetero) is 1. The fourth-order valence-corrected chi connectivity index (χ4v) is 3.62. The van der Waals surface area contributed by atoms with Gasteiger partial charge in [0.2, 0.25) is 0 Å². The number of carbonyl (C=O) groups excluding carboxylic acids is 1. The van der Waals surface area contributed by atoms with E-state index in [1.807, 2.05) is 50.4 Å². The van der Waals surface area contributed by atoms with Crippen LogP contribution >= 0.6 is 27.3 Å². The SMILES string of the molecule is CC(C)(C)[C@H](CC(=O)Cc1csc(-c2cccc(Br)c2)n1)C(=O)O. The summed E-state index contributed by atoms with van der Waals surface area (Å²) in [5, 5.41) is 12.0. The molecule has 2 aromatic rings. The van der Waals surface area contributed by atoms with Crippen LogP contribution < -0.4 is 0 Å². The minimum absolute atomic E-state index is 0.0303. The highest BCUT2D eigenvalue weighted by atomic mass is 79.9. The molecule has 0 aliphatic rings. The summed E-state index contributed by atoms with van der Waals surface area (Å²) < 4.78 is 0.974. The zero-order chi connectivity index (χ0) is 17.9. The number of hydrogen-bond donors (Lipinski definition) is 1. The zero-order valence-corrected chi connectivity index (χ0v) is 16.3. The van der Waals surface area contributed by atoms with E-state index in [4.69, 9.17) is 0 Å². The Morgan fingerprint density at radius 2 is 2.04 bits per heavy atom. The quantitative estimate of drug-likeness (QED) is 0.742. The Morgan fingerprint density at radius 1 is 1.33 bits per heavy atom. The monoisotopic (exact) mass is 409 g/mol. The van der Waals surface area contributed by atoms with E-state index in [2.05, 4.69) is 20.9 Å². The Hall–Kier alpha value is -1.53. The van der Waals surface area contributed by atoms with Crippen molar-refractivity contribution in [3.05, 3.63) is 39.8 Å².